The maximum atomic E-state index is 11.2. The van der Waals surface area contributed by atoms with Gasteiger partial charge in [0.2, 0.25) is 0 Å². The van der Waals surface area contributed by atoms with Crippen molar-refractivity contribution in [3.63, 3.8) is 0 Å². The normalized spacial score (nSPS) is 10.7. The molecule has 2 aromatic carbocycles. The van der Waals surface area contributed by atoms with Crippen LogP contribution in [0.2, 0.25) is 0 Å². The number of aromatic nitrogens is 4. The lowest BCUT2D eigenvalue weighted by molar-refractivity contribution is -0.383. The Morgan fingerprint density at radius 1 is 1.08 bits per heavy atom. The first kappa shape index (κ1) is 14.8. The SMILES string of the molecule is O=[N+]([O-])c1ccc(Oc2cccc(-n3ccnn3)c2)c2ccncc12. The fraction of sp³-hybridized carbons (Fsp3) is 0. The second kappa shape index (κ2) is 6.00. The molecule has 122 valence electrons. The summed E-state index contributed by atoms with van der Waals surface area (Å²) >= 11 is 0. The quantitative estimate of drug-likeness (QED) is 0.419. The number of nitrogens with zero attached hydrogens (tertiary/aromatic N) is 5. The Hall–Kier alpha value is -3.81. The van der Waals surface area contributed by atoms with Crippen LogP contribution in [0.25, 0.3) is 16.5 Å². The second-order valence-corrected chi connectivity index (χ2v) is 5.21. The number of ether oxygens (including phenoxy) is 1. The highest BCUT2D eigenvalue weighted by Gasteiger charge is 2.15. The van der Waals surface area contributed by atoms with Gasteiger partial charge in [0, 0.05) is 29.9 Å². The number of hydrogen-bond donors (Lipinski definition) is 0. The van der Waals surface area contributed by atoms with Crippen LogP contribution in [0.5, 0.6) is 11.5 Å². The Morgan fingerprint density at radius 3 is 2.80 bits per heavy atom. The van der Waals surface area contributed by atoms with Gasteiger partial charge in [-0.2, -0.15) is 0 Å². The van der Waals surface area contributed by atoms with Gasteiger partial charge in [0.1, 0.15) is 11.5 Å². The number of nitro groups is 1. The van der Waals surface area contributed by atoms with Crippen LogP contribution in [0.1, 0.15) is 0 Å². The minimum atomic E-state index is -0.431. The average molecular weight is 333 g/mol. The van der Waals surface area contributed by atoms with Crippen LogP contribution in [0, 0.1) is 10.1 Å². The van der Waals surface area contributed by atoms with Crippen molar-refractivity contribution in [2.45, 2.75) is 0 Å². The van der Waals surface area contributed by atoms with Gasteiger partial charge in [0.05, 0.1) is 28.4 Å². The number of benzene rings is 2. The smallest absolute Gasteiger partial charge is 0.279 e. The van der Waals surface area contributed by atoms with Gasteiger partial charge in [0.15, 0.2) is 0 Å². The van der Waals surface area contributed by atoms with Crippen molar-refractivity contribution < 1.29 is 9.66 Å². The van der Waals surface area contributed by atoms with Crippen LogP contribution in [-0.4, -0.2) is 24.9 Å². The largest absolute Gasteiger partial charge is 0.457 e. The third-order valence-electron chi connectivity index (χ3n) is 3.68. The predicted octanol–water partition coefficient (Wildman–Crippen LogP) is 3.52. The number of hydrogen-bond acceptors (Lipinski definition) is 6. The maximum absolute atomic E-state index is 11.2. The number of rotatable bonds is 4. The number of pyridine rings is 1. The molecule has 0 saturated carbocycles. The molecule has 0 unspecified atom stereocenters. The van der Waals surface area contributed by atoms with E-state index < -0.39 is 4.92 Å². The number of non-ortho nitro benzene ring substituents is 1. The van der Waals surface area contributed by atoms with E-state index in [4.69, 9.17) is 4.74 Å². The van der Waals surface area contributed by atoms with E-state index in [1.165, 1.54) is 12.3 Å². The molecule has 0 fully saturated rings. The summed E-state index contributed by atoms with van der Waals surface area (Å²) in [5, 5.41) is 20.0. The zero-order valence-electron chi connectivity index (χ0n) is 12.8. The molecule has 0 radical (unpaired) electrons. The fourth-order valence-corrected chi connectivity index (χ4v) is 2.56. The topological polar surface area (TPSA) is 96.0 Å². The lowest BCUT2D eigenvalue weighted by Gasteiger charge is -2.10. The van der Waals surface area contributed by atoms with Gasteiger partial charge in [-0.15, -0.1) is 5.10 Å². The molecular formula is C17H11N5O3. The van der Waals surface area contributed by atoms with Crippen LogP contribution in [-0.2, 0) is 0 Å². The second-order valence-electron chi connectivity index (χ2n) is 5.21. The van der Waals surface area contributed by atoms with Crippen LogP contribution >= 0.6 is 0 Å². The summed E-state index contributed by atoms with van der Waals surface area (Å²) in [5.74, 6) is 1.10. The van der Waals surface area contributed by atoms with E-state index in [1.54, 1.807) is 41.5 Å². The standard InChI is InChI=1S/C17H11N5O3/c23-22(24)16-4-5-17(14-6-7-18-11-15(14)16)25-13-3-1-2-12(10-13)21-9-8-19-20-21/h1-11H. The van der Waals surface area contributed by atoms with Crippen LogP contribution in [0.3, 0.4) is 0 Å². The molecule has 0 aliphatic heterocycles. The highest BCUT2D eigenvalue weighted by atomic mass is 16.6. The molecule has 4 rings (SSSR count). The molecule has 0 aliphatic carbocycles. The van der Waals surface area contributed by atoms with Crippen molar-refractivity contribution in [2.24, 2.45) is 0 Å². The van der Waals surface area contributed by atoms with Gasteiger partial charge >= 0.3 is 0 Å². The monoisotopic (exact) mass is 333 g/mol. The first-order chi connectivity index (χ1) is 12.2. The summed E-state index contributed by atoms with van der Waals surface area (Å²) in [6.45, 7) is 0. The van der Waals surface area contributed by atoms with Gasteiger partial charge in [-0.1, -0.05) is 11.3 Å². The minimum absolute atomic E-state index is 0.00758. The zero-order chi connectivity index (χ0) is 17.2. The van der Waals surface area contributed by atoms with Gasteiger partial charge in [-0.25, -0.2) is 4.68 Å². The van der Waals surface area contributed by atoms with E-state index in [1.807, 2.05) is 18.2 Å². The zero-order valence-corrected chi connectivity index (χ0v) is 12.8. The molecule has 2 aromatic heterocycles. The van der Waals surface area contributed by atoms with E-state index in [0.29, 0.717) is 22.3 Å². The van der Waals surface area contributed by atoms with Gasteiger partial charge in [-0.05, 0) is 24.3 Å². The summed E-state index contributed by atoms with van der Waals surface area (Å²) in [6.07, 6.45) is 6.35. The lowest BCUT2D eigenvalue weighted by Crippen LogP contribution is -1.96. The summed E-state index contributed by atoms with van der Waals surface area (Å²) in [4.78, 5) is 14.7. The van der Waals surface area contributed by atoms with E-state index in [-0.39, 0.29) is 5.69 Å². The predicted molar refractivity (Wildman–Crippen MR) is 89.8 cm³/mol. The van der Waals surface area contributed by atoms with Crippen LogP contribution in [0.15, 0.2) is 67.3 Å². The molecule has 8 heteroatoms. The van der Waals surface area contributed by atoms with Gasteiger partial charge in [0.25, 0.3) is 5.69 Å². The lowest BCUT2D eigenvalue weighted by atomic mass is 10.1. The number of nitro benzene ring substituents is 1. The minimum Gasteiger partial charge on any atom is -0.457 e. The Balaban J connectivity index is 1.76. The van der Waals surface area contributed by atoms with Crippen molar-refractivity contribution in [3.8, 4) is 17.2 Å². The van der Waals surface area contributed by atoms with Crippen LogP contribution < -0.4 is 4.74 Å². The summed E-state index contributed by atoms with van der Waals surface area (Å²) in [7, 11) is 0. The molecule has 4 aromatic rings. The maximum Gasteiger partial charge on any atom is 0.279 e. The van der Waals surface area contributed by atoms with Crippen LogP contribution in [0.4, 0.5) is 5.69 Å². The van der Waals surface area contributed by atoms with Crippen molar-refractivity contribution in [1.29, 1.82) is 0 Å². The molecule has 0 N–H and O–H groups in total. The Morgan fingerprint density at radius 2 is 2.00 bits per heavy atom. The molecule has 0 amide bonds. The Bertz CT molecular complexity index is 1060. The van der Waals surface area contributed by atoms with Crippen molar-refractivity contribution in [2.75, 3.05) is 0 Å². The van der Waals surface area contributed by atoms with E-state index >= 15 is 0 Å². The first-order valence-electron chi connectivity index (χ1n) is 7.38. The fourth-order valence-electron chi connectivity index (χ4n) is 2.56. The van der Waals surface area contributed by atoms with E-state index in [0.717, 1.165) is 5.69 Å². The molecule has 0 bridgehead atoms. The third-order valence-corrected chi connectivity index (χ3v) is 3.68. The summed E-state index contributed by atoms with van der Waals surface area (Å²) in [6, 6.07) is 12.0. The van der Waals surface area contributed by atoms with Crippen molar-refractivity contribution in [3.05, 3.63) is 77.4 Å². The molecule has 0 atom stereocenters. The van der Waals surface area contributed by atoms with E-state index in [9.17, 15) is 10.1 Å². The Labute approximate surface area is 141 Å². The highest BCUT2D eigenvalue weighted by Crippen LogP contribution is 2.35. The van der Waals surface area contributed by atoms with Crippen molar-refractivity contribution in [1.82, 2.24) is 20.0 Å². The summed E-state index contributed by atoms with van der Waals surface area (Å²) in [5.41, 5.74) is 0.787. The molecule has 0 saturated heterocycles. The third kappa shape index (κ3) is 2.76. The molecular weight excluding hydrogens is 322 g/mol. The summed E-state index contributed by atoms with van der Waals surface area (Å²) < 4.78 is 7.57. The number of fused-ring (bicyclic) bond motifs is 1. The van der Waals surface area contributed by atoms with Gasteiger partial charge < -0.3 is 4.74 Å². The highest BCUT2D eigenvalue weighted by molar-refractivity contribution is 5.94. The molecule has 0 spiro atoms. The van der Waals surface area contributed by atoms with Gasteiger partial charge in [-0.3, -0.25) is 15.1 Å². The molecule has 0 aliphatic rings. The molecule has 8 nitrogen and oxygen atoms in total. The Kier molecular flexibility index (Phi) is 3.55. The first-order valence-corrected chi connectivity index (χ1v) is 7.38. The average Bonchev–Trinajstić information content (AvgIpc) is 3.17. The van der Waals surface area contributed by atoms with E-state index in [2.05, 4.69) is 15.3 Å². The molecule has 25 heavy (non-hydrogen) atoms. The van der Waals surface area contributed by atoms with Crippen molar-refractivity contribution >= 4 is 16.5 Å². The molecule has 2 heterocycles.